The van der Waals surface area contributed by atoms with Crippen molar-refractivity contribution in [2.24, 2.45) is 0 Å². The SMILES string of the molecule is CCn1ncc(-c2ccnc3cc(C(=O)NCc4cn(-c5ccccc5)nc4-c4ccccc4)nn23)c1C. The third kappa shape index (κ3) is 4.24. The number of para-hydroxylation sites is 1. The molecule has 0 spiro atoms. The summed E-state index contributed by atoms with van der Waals surface area (Å²) in [6, 6.07) is 23.5. The van der Waals surface area contributed by atoms with Crippen LogP contribution in [-0.4, -0.2) is 40.1 Å². The van der Waals surface area contributed by atoms with Gasteiger partial charge in [0, 0.05) is 53.9 Å². The van der Waals surface area contributed by atoms with E-state index in [4.69, 9.17) is 5.10 Å². The average Bonchev–Trinajstić information content (AvgIpc) is 3.69. The molecule has 0 aliphatic rings. The Morgan fingerprint density at radius 1 is 0.974 bits per heavy atom. The van der Waals surface area contributed by atoms with Gasteiger partial charge in [0.15, 0.2) is 11.3 Å². The molecule has 2 aromatic carbocycles. The van der Waals surface area contributed by atoms with E-state index in [1.165, 1.54) is 0 Å². The van der Waals surface area contributed by atoms with Crippen LogP contribution in [0.2, 0.25) is 0 Å². The molecule has 4 aromatic heterocycles. The van der Waals surface area contributed by atoms with Gasteiger partial charge in [0.05, 0.1) is 23.3 Å². The van der Waals surface area contributed by atoms with E-state index in [2.05, 4.69) is 27.4 Å². The van der Waals surface area contributed by atoms with E-state index in [9.17, 15) is 4.79 Å². The number of amides is 1. The predicted molar refractivity (Wildman–Crippen MR) is 145 cm³/mol. The molecule has 0 aliphatic heterocycles. The van der Waals surface area contributed by atoms with Crippen molar-refractivity contribution in [1.29, 1.82) is 0 Å². The van der Waals surface area contributed by atoms with Gasteiger partial charge in [-0.2, -0.15) is 15.3 Å². The number of carbonyl (C=O) groups is 1. The second kappa shape index (κ2) is 9.78. The fraction of sp³-hybridized carbons (Fsp3) is 0.138. The van der Waals surface area contributed by atoms with E-state index >= 15 is 0 Å². The molecule has 0 fully saturated rings. The zero-order valence-electron chi connectivity index (χ0n) is 21.1. The van der Waals surface area contributed by atoms with Crippen LogP contribution < -0.4 is 5.32 Å². The number of fused-ring (bicyclic) bond motifs is 1. The van der Waals surface area contributed by atoms with Crippen LogP contribution in [0.1, 0.15) is 28.7 Å². The van der Waals surface area contributed by atoms with Crippen molar-refractivity contribution in [2.45, 2.75) is 26.9 Å². The highest BCUT2D eigenvalue weighted by Gasteiger charge is 2.18. The molecule has 9 heteroatoms. The molecule has 4 heterocycles. The minimum atomic E-state index is -0.283. The molecule has 0 aliphatic carbocycles. The summed E-state index contributed by atoms with van der Waals surface area (Å²) in [4.78, 5) is 17.6. The molecule has 38 heavy (non-hydrogen) atoms. The van der Waals surface area contributed by atoms with Crippen LogP contribution in [0.3, 0.4) is 0 Å². The Morgan fingerprint density at radius 3 is 2.47 bits per heavy atom. The van der Waals surface area contributed by atoms with E-state index in [-0.39, 0.29) is 5.91 Å². The van der Waals surface area contributed by atoms with Crippen LogP contribution in [0.15, 0.2) is 91.4 Å². The monoisotopic (exact) mass is 502 g/mol. The maximum atomic E-state index is 13.2. The average molecular weight is 503 g/mol. The number of carbonyl (C=O) groups excluding carboxylic acids is 1. The Hall–Kier alpha value is -5.05. The quantitative estimate of drug-likeness (QED) is 0.341. The Labute approximate surface area is 219 Å². The highest BCUT2D eigenvalue weighted by atomic mass is 16.1. The second-order valence-electron chi connectivity index (χ2n) is 8.92. The zero-order valence-corrected chi connectivity index (χ0v) is 21.1. The molecule has 188 valence electrons. The number of aryl methyl sites for hydroxylation is 1. The Morgan fingerprint density at radius 2 is 1.74 bits per heavy atom. The lowest BCUT2D eigenvalue weighted by Crippen LogP contribution is -2.23. The van der Waals surface area contributed by atoms with Crippen LogP contribution in [0, 0.1) is 6.92 Å². The van der Waals surface area contributed by atoms with E-state index < -0.39 is 0 Å². The summed E-state index contributed by atoms with van der Waals surface area (Å²) < 4.78 is 5.46. The Bertz CT molecular complexity index is 1730. The van der Waals surface area contributed by atoms with Gasteiger partial charge in [-0.15, -0.1) is 0 Å². The smallest absolute Gasteiger partial charge is 0.272 e. The summed E-state index contributed by atoms with van der Waals surface area (Å²) in [7, 11) is 0. The fourth-order valence-corrected chi connectivity index (χ4v) is 4.58. The molecule has 6 aromatic rings. The largest absolute Gasteiger partial charge is 0.346 e. The van der Waals surface area contributed by atoms with Crippen LogP contribution in [0.5, 0.6) is 0 Å². The molecule has 1 N–H and O–H groups in total. The summed E-state index contributed by atoms with van der Waals surface area (Å²) in [6.07, 6.45) is 5.50. The molecule has 0 bridgehead atoms. The maximum absolute atomic E-state index is 13.2. The third-order valence-electron chi connectivity index (χ3n) is 6.57. The summed E-state index contributed by atoms with van der Waals surface area (Å²) in [5.74, 6) is -0.283. The van der Waals surface area contributed by atoms with Crippen LogP contribution in [-0.2, 0) is 13.1 Å². The van der Waals surface area contributed by atoms with Crippen molar-refractivity contribution in [2.75, 3.05) is 0 Å². The molecule has 0 radical (unpaired) electrons. The van der Waals surface area contributed by atoms with Gasteiger partial charge in [-0.05, 0) is 32.0 Å². The number of nitrogens with one attached hydrogen (secondary N) is 1. The van der Waals surface area contributed by atoms with Gasteiger partial charge in [-0.3, -0.25) is 9.48 Å². The van der Waals surface area contributed by atoms with Crippen molar-refractivity contribution < 1.29 is 4.79 Å². The zero-order chi connectivity index (χ0) is 26.1. The Balaban J connectivity index is 1.29. The van der Waals surface area contributed by atoms with E-state index in [0.29, 0.717) is 17.9 Å². The van der Waals surface area contributed by atoms with E-state index in [1.807, 2.05) is 95.4 Å². The molecule has 6 rings (SSSR count). The number of nitrogens with zero attached hydrogens (tertiary/aromatic N) is 7. The van der Waals surface area contributed by atoms with E-state index in [1.54, 1.807) is 16.8 Å². The predicted octanol–water partition coefficient (Wildman–Crippen LogP) is 4.70. The van der Waals surface area contributed by atoms with E-state index in [0.717, 1.165) is 46.0 Å². The lowest BCUT2D eigenvalue weighted by molar-refractivity contribution is 0.0945. The van der Waals surface area contributed by atoms with Crippen molar-refractivity contribution in [3.63, 3.8) is 0 Å². The highest BCUT2D eigenvalue weighted by Crippen LogP contribution is 2.25. The maximum Gasteiger partial charge on any atom is 0.272 e. The minimum absolute atomic E-state index is 0.283. The standard InChI is InChI=1S/C29H26N8O/c1-3-35-20(2)24(18-32-35)26-14-15-30-27-16-25(33-37(26)27)29(38)31-17-22-19-36(23-12-8-5-9-13-23)34-28(22)21-10-6-4-7-11-21/h4-16,18-19H,3,17H2,1-2H3,(H,31,38). The van der Waals surface area contributed by atoms with Gasteiger partial charge >= 0.3 is 0 Å². The number of rotatable bonds is 7. The fourth-order valence-electron chi connectivity index (χ4n) is 4.58. The number of hydrogen-bond acceptors (Lipinski definition) is 5. The summed E-state index contributed by atoms with van der Waals surface area (Å²) in [6.45, 7) is 5.15. The normalized spacial score (nSPS) is 11.2. The molecular formula is C29H26N8O. The number of benzene rings is 2. The van der Waals surface area contributed by atoms with Gasteiger partial charge < -0.3 is 5.32 Å². The second-order valence-corrected chi connectivity index (χ2v) is 8.92. The molecule has 0 atom stereocenters. The molecule has 9 nitrogen and oxygen atoms in total. The Kier molecular flexibility index (Phi) is 6.01. The third-order valence-corrected chi connectivity index (χ3v) is 6.57. The van der Waals surface area contributed by atoms with Gasteiger partial charge in [0.25, 0.3) is 5.91 Å². The number of hydrogen-bond donors (Lipinski definition) is 1. The summed E-state index contributed by atoms with van der Waals surface area (Å²) in [5.41, 5.74) is 7.36. The van der Waals surface area contributed by atoms with Crippen molar-refractivity contribution in [1.82, 2.24) is 39.5 Å². The molecule has 0 saturated heterocycles. The van der Waals surface area contributed by atoms with Crippen LogP contribution >= 0.6 is 0 Å². The molecule has 1 amide bonds. The lowest BCUT2D eigenvalue weighted by Gasteiger charge is -2.05. The van der Waals surface area contributed by atoms with Gasteiger partial charge in [0.1, 0.15) is 0 Å². The van der Waals surface area contributed by atoms with Crippen molar-refractivity contribution in [3.05, 3.63) is 108 Å². The van der Waals surface area contributed by atoms with Crippen LogP contribution in [0.4, 0.5) is 0 Å². The first-order valence-electron chi connectivity index (χ1n) is 12.5. The number of aromatic nitrogens is 7. The summed E-state index contributed by atoms with van der Waals surface area (Å²) >= 11 is 0. The molecule has 0 saturated carbocycles. The first-order chi connectivity index (χ1) is 18.6. The first-order valence-corrected chi connectivity index (χ1v) is 12.5. The lowest BCUT2D eigenvalue weighted by atomic mass is 10.1. The molecular weight excluding hydrogens is 476 g/mol. The van der Waals surface area contributed by atoms with Crippen LogP contribution in [0.25, 0.3) is 33.8 Å². The van der Waals surface area contributed by atoms with Gasteiger partial charge in [-0.25, -0.2) is 14.2 Å². The first kappa shape index (κ1) is 23.4. The van der Waals surface area contributed by atoms with Gasteiger partial charge in [0.2, 0.25) is 0 Å². The topological polar surface area (TPSA) is 94.9 Å². The molecule has 0 unspecified atom stereocenters. The van der Waals surface area contributed by atoms with Crippen molar-refractivity contribution >= 4 is 11.6 Å². The van der Waals surface area contributed by atoms with Crippen molar-refractivity contribution in [3.8, 4) is 28.2 Å². The van der Waals surface area contributed by atoms with Gasteiger partial charge in [-0.1, -0.05) is 48.5 Å². The minimum Gasteiger partial charge on any atom is -0.346 e. The highest BCUT2D eigenvalue weighted by molar-refractivity contribution is 5.93. The summed E-state index contributed by atoms with van der Waals surface area (Å²) in [5, 5.41) is 16.9.